The summed E-state index contributed by atoms with van der Waals surface area (Å²) in [6.45, 7) is 0. The highest BCUT2D eigenvalue weighted by atomic mass is 79.9. The minimum atomic E-state index is -4.90. The van der Waals surface area contributed by atoms with E-state index >= 15 is 0 Å². The number of carbonyl (C=O) groups excluding carboxylic acids is 1. The predicted molar refractivity (Wildman–Crippen MR) is 68.9 cm³/mol. The van der Waals surface area contributed by atoms with Crippen molar-refractivity contribution in [3.63, 3.8) is 0 Å². The fourth-order valence-electron chi connectivity index (χ4n) is 1.72. The normalized spacial score (nSPS) is 11.5. The van der Waals surface area contributed by atoms with Gasteiger partial charge < -0.3 is 0 Å². The molecular weight excluding hydrogens is 359 g/mol. The first-order chi connectivity index (χ1) is 9.71. The summed E-state index contributed by atoms with van der Waals surface area (Å²) in [5.74, 6) is -3.24. The Bertz CT molecular complexity index is 709. The molecule has 0 unspecified atom stereocenters. The fourth-order valence-corrected chi connectivity index (χ4v) is 2.10. The first kappa shape index (κ1) is 15.6. The molecule has 0 aliphatic rings. The van der Waals surface area contributed by atoms with Crippen LogP contribution in [0.2, 0.25) is 0 Å². The van der Waals surface area contributed by atoms with Gasteiger partial charge in [0.1, 0.15) is 11.6 Å². The van der Waals surface area contributed by atoms with Gasteiger partial charge in [-0.3, -0.25) is 4.79 Å². The van der Waals surface area contributed by atoms with E-state index in [4.69, 9.17) is 0 Å². The van der Waals surface area contributed by atoms with E-state index in [9.17, 15) is 26.7 Å². The lowest BCUT2D eigenvalue weighted by Crippen LogP contribution is -2.13. The minimum absolute atomic E-state index is 0.0410. The molecule has 0 atom stereocenters. The molecule has 7 heteroatoms. The molecule has 0 aliphatic carbocycles. The first-order valence-corrected chi connectivity index (χ1v) is 6.36. The van der Waals surface area contributed by atoms with Crippen LogP contribution in [0.1, 0.15) is 21.5 Å². The van der Waals surface area contributed by atoms with E-state index in [1.165, 1.54) is 0 Å². The van der Waals surface area contributed by atoms with Crippen molar-refractivity contribution in [3.05, 3.63) is 69.2 Å². The number of benzene rings is 2. The van der Waals surface area contributed by atoms with Crippen LogP contribution in [0.15, 0.2) is 40.9 Å². The molecule has 0 radical (unpaired) electrons. The van der Waals surface area contributed by atoms with Gasteiger partial charge in [-0.1, -0.05) is 6.07 Å². The van der Waals surface area contributed by atoms with E-state index in [1.54, 1.807) is 0 Å². The van der Waals surface area contributed by atoms with Crippen LogP contribution < -0.4 is 0 Å². The Balaban J connectivity index is 2.51. The van der Waals surface area contributed by atoms with Gasteiger partial charge in [0.25, 0.3) is 0 Å². The third-order valence-corrected chi connectivity index (χ3v) is 3.34. The zero-order valence-electron chi connectivity index (χ0n) is 10.1. The van der Waals surface area contributed by atoms with Gasteiger partial charge in [0.05, 0.1) is 15.6 Å². The number of halogens is 6. The van der Waals surface area contributed by atoms with Crippen molar-refractivity contribution in [2.24, 2.45) is 0 Å². The molecule has 0 fully saturated rings. The second-order valence-electron chi connectivity index (χ2n) is 4.12. The van der Waals surface area contributed by atoms with Crippen molar-refractivity contribution in [1.82, 2.24) is 0 Å². The van der Waals surface area contributed by atoms with Gasteiger partial charge in [0.2, 0.25) is 0 Å². The average molecular weight is 365 g/mol. The molecule has 2 rings (SSSR count). The molecule has 0 aromatic heterocycles. The van der Waals surface area contributed by atoms with Gasteiger partial charge in [-0.2, -0.15) is 13.2 Å². The highest BCUT2D eigenvalue weighted by molar-refractivity contribution is 9.10. The number of hydrogen-bond acceptors (Lipinski definition) is 1. The number of ketones is 1. The van der Waals surface area contributed by atoms with Gasteiger partial charge in [-0.15, -0.1) is 0 Å². The number of rotatable bonds is 2. The maximum atomic E-state index is 13.9. The summed E-state index contributed by atoms with van der Waals surface area (Å²) >= 11 is 2.85. The number of hydrogen-bond donors (Lipinski definition) is 0. The summed E-state index contributed by atoms with van der Waals surface area (Å²) in [5, 5.41) is 0. The molecule has 21 heavy (non-hydrogen) atoms. The van der Waals surface area contributed by atoms with E-state index in [1.807, 2.05) is 0 Å². The second-order valence-corrected chi connectivity index (χ2v) is 4.98. The summed E-state index contributed by atoms with van der Waals surface area (Å²) in [7, 11) is 0. The zero-order valence-corrected chi connectivity index (χ0v) is 11.7. The van der Waals surface area contributed by atoms with Gasteiger partial charge in [0, 0.05) is 5.56 Å². The Labute approximate surface area is 124 Å². The quantitative estimate of drug-likeness (QED) is 0.542. The molecule has 1 nitrogen and oxygen atoms in total. The van der Waals surface area contributed by atoms with Crippen LogP contribution in [0.3, 0.4) is 0 Å². The maximum Gasteiger partial charge on any atom is 0.419 e. The van der Waals surface area contributed by atoms with Crippen molar-refractivity contribution in [3.8, 4) is 0 Å². The molecule has 0 saturated heterocycles. The van der Waals surface area contributed by atoms with E-state index in [0.717, 1.165) is 30.3 Å². The van der Waals surface area contributed by atoms with Gasteiger partial charge in [-0.25, -0.2) is 8.78 Å². The van der Waals surface area contributed by atoms with Crippen LogP contribution in [-0.4, -0.2) is 5.78 Å². The van der Waals surface area contributed by atoms with Gasteiger partial charge in [0.15, 0.2) is 5.78 Å². The fraction of sp³-hybridized carbons (Fsp3) is 0.0714. The second kappa shape index (κ2) is 5.55. The third kappa shape index (κ3) is 3.12. The predicted octanol–water partition coefficient (Wildman–Crippen LogP) is 4.98. The van der Waals surface area contributed by atoms with Crippen molar-refractivity contribution in [2.75, 3.05) is 0 Å². The molecule has 2 aromatic rings. The molecular formula is C14H6BrF5O. The van der Waals surface area contributed by atoms with Crippen LogP contribution in [0, 0.1) is 11.6 Å². The Hall–Kier alpha value is -1.76. The molecule has 0 spiro atoms. The molecule has 110 valence electrons. The van der Waals surface area contributed by atoms with E-state index in [0.29, 0.717) is 6.07 Å². The van der Waals surface area contributed by atoms with Crippen LogP contribution >= 0.6 is 15.9 Å². The maximum absolute atomic E-state index is 13.9. The molecule has 2 aromatic carbocycles. The van der Waals surface area contributed by atoms with Gasteiger partial charge >= 0.3 is 6.18 Å². The summed E-state index contributed by atoms with van der Waals surface area (Å²) in [6.07, 6.45) is -4.90. The molecule has 0 N–H and O–H groups in total. The largest absolute Gasteiger partial charge is 0.419 e. The topological polar surface area (TPSA) is 17.1 Å². The van der Waals surface area contributed by atoms with E-state index in [-0.39, 0.29) is 10.0 Å². The standard InChI is InChI=1S/C14H6BrF5O/c15-10-6-7(4-5-11(10)16)13(21)8-2-1-3-9(12(8)17)14(18,19)20/h1-6H. The lowest BCUT2D eigenvalue weighted by atomic mass is 10.0. The summed E-state index contributed by atoms with van der Waals surface area (Å²) in [6, 6.07) is 5.55. The Morgan fingerprint density at radius 2 is 1.71 bits per heavy atom. The summed E-state index contributed by atoms with van der Waals surface area (Å²) in [4.78, 5) is 12.1. The lowest BCUT2D eigenvalue weighted by molar-refractivity contribution is -0.140. The zero-order chi connectivity index (χ0) is 15.8. The summed E-state index contributed by atoms with van der Waals surface area (Å²) in [5.41, 5.74) is -2.36. The third-order valence-electron chi connectivity index (χ3n) is 2.73. The Morgan fingerprint density at radius 3 is 2.29 bits per heavy atom. The summed E-state index contributed by atoms with van der Waals surface area (Å²) < 4.78 is 64.7. The number of alkyl halides is 3. The van der Waals surface area contributed by atoms with Crippen molar-refractivity contribution >= 4 is 21.7 Å². The smallest absolute Gasteiger partial charge is 0.288 e. The first-order valence-electron chi connectivity index (χ1n) is 5.57. The Kier molecular flexibility index (Phi) is 4.13. The van der Waals surface area contributed by atoms with Crippen molar-refractivity contribution in [1.29, 1.82) is 0 Å². The van der Waals surface area contributed by atoms with Crippen LogP contribution in [0.5, 0.6) is 0 Å². The molecule has 0 saturated carbocycles. The molecule has 0 heterocycles. The lowest BCUT2D eigenvalue weighted by Gasteiger charge is -2.10. The van der Waals surface area contributed by atoms with E-state index < -0.39 is 34.7 Å². The monoisotopic (exact) mass is 364 g/mol. The van der Waals surface area contributed by atoms with Crippen LogP contribution in [-0.2, 0) is 6.18 Å². The van der Waals surface area contributed by atoms with Crippen molar-refractivity contribution in [2.45, 2.75) is 6.18 Å². The highest BCUT2D eigenvalue weighted by Gasteiger charge is 2.35. The SMILES string of the molecule is O=C(c1ccc(F)c(Br)c1)c1cccc(C(F)(F)F)c1F. The highest BCUT2D eigenvalue weighted by Crippen LogP contribution is 2.33. The average Bonchev–Trinajstić information content (AvgIpc) is 2.40. The molecule has 0 aliphatic heterocycles. The van der Waals surface area contributed by atoms with E-state index in [2.05, 4.69) is 15.9 Å². The molecule has 0 amide bonds. The van der Waals surface area contributed by atoms with Gasteiger partial charge in [-0.05, 0) is 46.3 Å². The Morgan fingerprint density at radius 1 is 1.05 bits per heavy atom. The van der Waals surface area contributed by atoms with Crippen LogP contribution in [0.25, 0.3) is 0 Å². The van der Waals surface area contributed by atoms with Crippen molar-refractivity contribution < 1.29 is 26.7 Å². The minimum Gasteiger partial charge on any atom is -0.288 e. The number of carbonyl (C=O) groups is 1. The molecule has 0 bridgehead atoms. The van der Waals surface area contributed by atoms with Crippen LogP contribution in [0.4, 0.5) is 22.0 Å².